The van der Waals surface area contributed by atoms with Crippen molar-refractivity contribution in [3.8, 4) is 0 Å². The van der Waals surface area contributed by atoms with Gasteiger partial charge in [0.15, 0.2) is 5.17 Å². The molecule has 0 spiro atoms. The van der Waals surface area contributed by atoms with Gasteiger partial charge in [-0.3, -0.25) is 0 Å². The molecule has 28 heavy (non-hydrogen) atoms. The Hall–Kier alpha value is -1.79. The van der Waals surface area contributed by atoms with Gasteiger partial charge in [0.05, 0.1) is 16.6 Å². The summed E-state index contributed by atoms with van der Waals surface area (Å²) in [5, 5.41) is 0.787. The maximum absolute atomic E-state index is 13.5. The van der Waals surface area contributed by atoms with Crippen molar-refractivity contribution in [2.24, 2.45) is 4.99 Å². The van der Waals surface area contributed by atoms with E-state index in [2.05, 4.69) is 6.92 Å². The highest BCUT2D eigenvalue weighted by Crippen LogP contribution is 2.39. The molecule has 0 saturated carbocycles. The number of hydrogen-bond acceptors (Lipinski definition) is 4. The van der Waals surface area contributed by atoms with Gasteiger partial charge in [0, 0.05) is 5.25 Å². The number of amidine groups is 1. The zero-order chi connectivity index (χ0) is 20.1. The lowest BCUT2D eigenvalue weighted by molar-refractivity contribution is 0.438. The average Bonchev–Trinajstić information content (AvgIpc) is 2.99. The fourth-order valence-corrected chi connectivity index (χ4v) is 6.68. The smallest absolute Gasteiger partial charge is 0.240 e. The van der Waals surface area contributed by atoms with E-state index in [0.29, 0.717) is 10.1 Å². The first-order valence-corrected chi connectivity index (χ1v) is 12.2. The van der Waals surface area contributed by atoms with E-state index in [1.54, 1.807) is 23.9 Å². The third kappa shape index (κ3) is 4.61. The van der Waals surface area contributed by atoms with Crippen LogP contribution in [0, 0.1) is 6.92 Å². The zero-order valence-electron chi connectivity index (χ0n) is 16.7. The first-order chi connectivity index (χ1) is 13.4. The summed E-state index contributed by atoms with van der Waals surface area (Å²) in [7, 11) is -3.66. The van der Waals surface area contributed by atoms with E-state index in [-0.39, 0.29) is 11.3 Å². The molecule has 2 aromatic rings. The highest BCUT2D eigenvalue weighted by atomic mass is 32.2. The van der Waals surface area contributed by atoms with Gasteiger partial charge in [0.1, 0.15) is 0 Å². The van der Waals surface area contributed by atoms with Gasteiger partial charge in [-0.2, -0.15) is 0 Å². The Kier molecular flexibility index (Phi) is 6.83. The predicted molar refractivity (Wildman–Crippen MR) is 119 cm³/mol. The van der Waals surface area contributed by atoms with Crippen LogP contribution >= 0.6 is 11.8 Å². The molecule has 1 saturated heterocycles. The Morgan fingerprint density at radius 1 is 1.04 bits per heavy atom. The molecule has 0 aromatic heterocycles. The Bertz CT molecular complexity index is 909. The van der Waals surface area contributed by atoms with Gasteiger partial charge < -0.3 is 0 Å². The van der Waals surface area contributed by atoms with Crippen molar-refractivity contribution in [3.05, 3.63) is 60.2 Å². The van der Waals surface area contributed by atoms with Crippen LogP contribution in [0.3, 0.4) is 0 Å². The van der Waals surface area contributed by atoms with E-state index in [9.17, 15) is 8.42 Å². The van der Waals surface area contributed by atoms with Gasteiger partial charge in [0.2, 0.25) is 0 Å². The minimum absolute atomic E-state index is 0.129. The molecular weight excluding hydrogens is 388 g/mol. The van der Waals surface area contributed by atoms with Crippen molar-refractivity contribution in [2.45, 2.75) is 62.6 Å². The second kappa shape index (κ2) is 9.14. The summed E-state index contributed by atoms with van der Waals surface area (Å²) in [4.78, 5) is 5.02. The van der Waals surface area contributed by atoms with E-state index in [4.69, 9.17) is 4.99 Å². The molecule has 0 unspecified atom stereocenters. The molecule has 1 aliphatic rings. The van der Waals surface area contributed by atoms with Crippen LogP contribution in [-0.4, -0.2) is 29.2 Å². The van der Waals surface area contributed by atoms with Crippen LogP contribution in [0.4, 0.5) is 5.69 Å². The molecule has 0 amide bonds. The molecule has 0 radical (unpaired) electrons. The molecule has 0 aliphatic carbocycles. The van der Waals surface area contributed by atoms with Crippen LogP contribution in [0.15, 0.2) is 64.5 Å². The largest absolute Gasteiger partial charge is 0.266 e. The molecule has 0 bridgehead atoms. The molecule has 3 rings (SSSR count). The number of nitrogens with zero attached hydrogens (tertiary/aromatic N) is 2. The average molecular weight is 417 g/mol. The molecule has 1 fully saturated rings. The Morgan fingerprint density at radius 2 is 1.71 bits per heavy atom. The molecule has 6 heteroatoms. The van der Waals surface area contributed by atoms with Gasteiger partial charge in [0.25, 0.3) is 10.0 Å². The lowest BCUT2D eigenvalue weighted by atomic mass is 10.1. The number of para-hydroxylation sites is 1. The number of rotatable bonds is 7. The van der Waals surface area contributed by atoms with Gasteiger partial charge in [-0.15, -0.1) is 0 Å². The number of unbranched alkanes of at least 4 members (excludes halogenated alkanes) is 2. The summed E-state index contributed by atoms with van der Waals surface area (Å²) < 4.78 is 28.5. The number of benzene rings is 2. The lowest BCUT2D eigenvalue weighted by Gasteiger charge is -2.25. The van der Waals surface area contributed by atoms with E-state index in [1.807, 2.05) is 56.3 Å². The fourth-order valence-electron chi connectivity index (χ4n) is 3.34. The number of sulfonamides is 1. The van der Waals surface area contributed by atoms with Crippen molar-refractivity contribution < 1.29 is 8.42 Å². The minimum Gasteiger partial charge on any atom is -0.240 e. The van der Waals surface area contributed by atoms with Gasteiger partial charge in [-0.25, -0.2) is 17.7 Å². The van der Waals surface area contributed by atoms with Crippen molar-refractivity contribution >= 4 is 32.6 Å². The van der Waals surface area contributed by atoms with Gasteiger partial charge in [-0.05, 0) is 44.5 Å². The van der Waals surface area contributed by atoms with Crippen LogP contribution in [-0.2, 0) is 10.0 Å². The van der Waals surface area contributed by atoms with Crippen LogP contribution in [0.25, 0.3) is 0 Å². The molecule has 150 valence electrons. The van der Waals surface area contributed by atoms with E-state index in [1.165, 1.54) is 10.7 Å². The Labute approximate surface area is 173 Å². The summed E-state index contributed by atoms with van der Waals surface area (Å²) in [6.45, 7) is 6.14. The van der Waals surface area contributed by atoms with Crippen molar-refractivity contribution in [2.75, 3.05) is 0 Å². The first kappa shape index (κ1) is 20.9. The zero-order valence-corrected chi connectivity index (χ0v) is 18.3. The fraction of sp³-hybridized carbons (Fsp3) is 0.409. The summed E-state index contributed by atoms with van der Waals surface area (Å²) in [6.07, 6.45) is 4.42. The highest BCUT2D eigenvalue weighted by molar-refractivity contribution is 8.16. The van der Waals surface area contributed by atoms with Crippen molar-refractivity contribution in [3.63, 3.8) is 0 Å². The number of thioether (sulfide) groups is 1. The van der Waals surface area contributed by atoms with Gasteiger partial charge >= 0.3 is 0 Å². The SMILES string of the molecule is CCCCC[C@H]1SC(=Nc2ccccc2)N(S(=O)(=O)c2ccc(C)cc2)[C@@H]1C. The quantitative estimate of drug-likeness (QED) is 0.539. The topological polar surface area (TPSA) is 49.7 Å². The normalized spacial score (nSPS) is 21.4. The number of aryl methyl sites for hydroxylation is 1. The van der Waals surface area contributed by atoms with Gasteiger partial charge in [-0.1, -0.05) is 73.8 Å². The van der Waals surface area contributed by atoms with Crippen molar-refractivity contribution in [1.29, 1.82) is 0 Å². The van der Waals surface area contributed by atoms with E-state index in [0.717, 1.165) is 30.5 Å². The second-order valence-corrected chi connectivity index (χ2v) is 10.3. The molecule has 2 atom stereocenters. The summed E-state index contributed by atoms with van der Waals surface area (Å²) in [6, 6.07) is 16.5. The molecule has 4 nitrogen and oxygen atoms in total. The predicted octanol–water partition coefficient (Wildman–Crippen LogP) is 5.76. The van der Waals surface area contributed by atoms with E-state index < -0.39 is 10.0 Å². The molecule has 1 aliphatic heterocycles. The molecule has 1 heterocycles. The van der Waals surface area contributed by atoms with E-state index >= 15 is 0 Å². The number of aliphatic imine (C=N–C) groups is 1. The second-order valence-electron chi connectivity index (χ2n) is 7.24. The van der Waals surface area contributed by atoms with Crippen molar-refractivity contribution in [1.82, 2.24) is 4.31 Å². The summed E-state index contributed by atoms with van der Waals surface area (Å²) >= 11 is 1.59. The highest BCUT2D eigenvalue weighted by Gasteiger charge is 2.43. The Balaban J connectivity index is 1.98. The third-order valence-corrected chi connectivity index (χ3v) is 8.44. The van der Waals surface area contributed by atoms with Crippen LogP contribution in [0.2, 0.25) is 0 Å². The standard InChI is InChI=1S/C22H28N2O2S2/c1-4-5-7-12-21-18(3)24(22(27-21)23-19-10-8-6-9-11-19)28(25,26)20-15-13-17(2)14-16-20/h6,8-11,13-16,18,21H,4-5,7,12H2,1-3H3/t18-,21-/m1/s1. The van der Waals surface area contributed by atoms with Crippen LogP contribution in [0.1, 0.15) is 45.1 Å². The number of hydrogen-bond donors (Lipinski definition) is 0. The maximum Gasteiger partial charge on any atom is 0.266 e. The molecule has 0 N–H and O–H groups in total. The summed E-state index contributed by atoms with van der Waals surface area (Å²) in [5.74, 6) is 0. The summed E-state index contributed by atoms with van der Waals surface area (Å²) in [5.41, 5.74) is 1.81. The monoisotopic (exact) mass is 416 g/mol. The third-order valence-electron chi connectivity index (χ3n) is 5.00. The first-order valence-electron chi connectivity index (χ1n) is 9.85. The van der Waals surface area contributed by atoms with Crippen LogP contribution in [0.5, 0.6) is 0 Å². The molecular formula is C22H28N2O2S2. The lowest BCUT2D eigenvalue weighted by Crippen LogP contribution is -2.39. The minimum atomic E-state index is -3.66. The maximum atomic E-state index is 13.5. The van der Waals surface area contributed by atoms with Crippen LogP contribution < -0.4 is 0 Å². The Morgan fingerprint density at radius 3 is 2.36 bits per heavy atom. The molecule has 2 aromatic carbocycles.